The number of nitrogens with one attached hydrogen (secondary N) is 1. The second-order valence-electron chi connectivity index (χ2n) is 4.19. The quantitative estimate of drug-likeness (QED) is 0.744. The van der Waals surface area contributed by atoms with Gasteiger partial charge in [-0.2, -0.15) is 5.10 Å². The Hall–Kier alpha value is -2.07. The topological polar surface area (TPSA) is 48.9 Å². The number of rotatable bonds is 2. The van der Waals surface area contributed by atoms with Crippen molar-refractivity contribution in [1.29, 1.82) is 0 Å². The lowest BCUT2D eigenvalue weighted by Crippen LogP contribution is -1.78. The van der Waals surface area contributed by atoms with Crippen LogP contribution in [0, 0.1) is 0 Å². The lowest BCUT2D eigenvalue weighted by molar-refractivity contribution is 0.477. The summed E-state index contributed by atoms with van der Waals surface area (Å²) in [5.74, 6) is 0.243. The van der Waals surface area contributed by atoms with Crippen LogP contribution in [-0.4, -0.2) is 15.3 Å². The van der Waals surface area contributed by atoms with Crippen LogP contribution in [-0.2, 0) is 0 Å². The fraction of sp³-hybridized carbons (Fsp3) is 0. The van der Waals surface area contributed by atoms with E-state index in [0.717, 1.165) is 27.0 Å². The van der Waals surface area contributed by atoms with E-state index in [1.54, 1.807) is 12.1 Å². The van der Waals surface area contributed by atoms with Gasteiger partial charge in [0.15, 0.2) is 0 Å². The number of aromatic nitrogens is 2. The lowest BCUT2D eigenvalue weighted by Gasteiger charge is -1.99. The van der Waals surface area contributed by atoms with Gasteiger partial charge in [0.25, 0.3) is 0 Å². The molecule has 94 valence electrons. The van der Waals surface area contributed by atoms with Crippen molar-refractivity contribution in [1.82, 2.24) is 10.2 Å². The maximum Gasteiger partial charge on any atom is 0.124 e. The van der Waals surface area contributed by atoms with Crippen molar-refractivity contribution in [3.63, 3.8) is 0 Å². The molecular formula is C15H11BrN2O. The SMILES string of the molecule is Oc1ccccc1-c1cc(-c2cccc(Br)c2)n[nH]1. The van der Waals surface area contributed by atoms with E-state index in [1.807, 2.05) is 42.5 Å². The summed E-state index contributed by atoms with van der Waals surface area (Å²) in [5.41, 5.74) is 3.41. The second kappa shape index (κ2) is 4.90. The van der Waals surface area contributed by atoms with Crippen LogP contribution in [0.5, 0.6) is 5.75 Å². The molecule has 0 fully saturated rings. The molecule has 0 aliphatic rings. The van der Waals surface area contributed by atoms with Crippen LogP contribution in [0.4, 0.5) is 0 Å². The van der Waals surface area contributed by atoms with Gasteiger partial charge < -0.3 is 5.11 Å². The van der Waals surface area contributed by atoms with Crippen molar-refractivity contribution < 1.29 is 5.11 Å². The van der Waals surface area contributed by atoms with Crippen molar-refractivity contribution in [3.05, 3.63) is 59.1 Å². The highest BCUT2D eigenvalue weighted by atomic mass is 79.9. The minimum absolute atomic E-state index is 0.243. The van der Waals surface area contributed by atoms with E-state index in [4.69, 9.17) is 0 Å². The molecule has 3 rings (SSSR count). The number of aromatic hydroxyl groups is 1. The predicted octanol–water partition coefficient (Wildman–Crippen LogP) is 4.21. The third kappa shape index (κ3) is 2.39. The lowest BCUT2D eigenvalue weighted by atomic mass is 10.1. The molecule has 19 heavy (non-hydrogen) atoms. The Morgan fingerprint density at radius 3 is 2.63 bits per heavy atom. The average molecular weight is 315 g/mol. The van der Waals surface area contributed by atoms with Crippen molar-refractivity contribution in [3.8, 4) is 28.3 Å². The van der Waals surface area contributed by atoms with Crippen LogP contribution in [0.25, 0.3) is 22.5 Å². The molecule has 3 aromatic rings. The minimum atomic E-state index is 0.243. The maximum atomic E-state index is 9.83. The van der Waals surface area contributed by atoms with Crippen molar-refractivity contribution in [2.45, 2.75) is 0 Å². The van der Waals surface area contributed by atoms with Crippen LogP contribution in [0.3, 0.4) is 0 Å². The highest BCUT2D eigenvalue weighted by molar-refractivity contribution is 9.10. The Balaban J connectivity index is 2.03. The predicted molar refractivity (Wildman–Crippen MR) is 78.8 cm³/mol. The molecule has 0 unspecified atom stereocenters. The second-order valence-corrected chi connectivity index (χ2v) is 5.11. The molecule has 1 aromatic heterocycles. The van der Waals surface area contributed by atoms with Crippen LogP contribution in [0.1, 0.15) is 0 Å². The fourth-order valence-electron chi connectivity index (χ4n) is 1.96. The Bertz CT molecular complexity index is 721. The van der Waals surface area contributed by atoms with Gasteiger partial charge in [-0.15, -0.1) is 0 Å². The Morgan fingerprint density at radius 2 is 1.84 bits per heavy atom. The van der Waals surface area contributed by atoms with Crippen LogP contribution in [0.2, 0.25) is 0 Å². The Morgan fingerprint density at radius 1 is 1.00 bits per heavy atom. The summed E-state index contributed by atoms with van der Waals surface area (Å²) in [6.07, 6.45) is 0. The van der Waals surface area contributed by atoms with E-state index in [-0.39, 0.29) is 5.75 Å². The van der Waals surface area contributed by atoms with Gasteiger partial charge in [0.2, 0.25) is 0 Å². The first kappa shape index (κ1) is 12.0. The third-order valence-corrected chi connectivity index (χ3v) is 3.39. The molecule has 3 nitrogen and oxygen atoms in total. The number of benzene rings is 2. The highest BCUT2D eigenvalue weighted by Crippen LogP contribution is 2.30. The molecule has 0 bridgehead atoms. The van der Waals surface area contributed by atoms with Gasteiger partial charge in [0, 0.05) is 15.6 Å². The molecule has 0 saturated carbocycles. The smallest absolute Gasteiger partial charge is 0.124 e. The summed E-state index contributed by atoms with van der Waals surface area (Å²) in [7, 11) is 0. The number of H-pyrrole nitrogens is 1. The zero-order chi connectivity index (χ0) is 13.2. The van der Waals surface area contributed by atoms with E-state index in [0.29, 0.717) is 0 Å². The number of halogens is 1. The molecule has 2 N–H and O–H groups in total. The van der Waals surface area contributed by atoms with Gasteiger partial charge in [-0.3, -0.25) is 5.10 Å². The molecule has 0 radical (unpaired) electrons. The monoisotopic (exact) mass is 314 g/mol. The molecule has 0 aliphatic heterocycles. The largest absolute Gasteiger partial charge is 0.507 e. The molecule has 2 aromatic carbocycles. The summed E-state index contributed by atoms with van der Waals surface area (Å²) in [4.78, 5) is 0. The molecule has 0 spiro atoms. The Labute approximate surface area is 119 Å². The van der Waals surface area contributed by atoms with Gasteiger partial charge in [-0.1, -0.05) is 40.2 Å². The van der Waals surface area contributed by atoms with Gasteiger partial charge in [0.1, 0.15) is 5.75 Å². The minimum Gasteiger partial charge on any atom is -0.507 e. The van der Waals surface area contributed by atoms with Crippen LogP contribution < -0.4 is 0 Å². The normalized spacial score (nSPS) is 10.6. The Kier molecular flexibility index (Phi) is 3.09. The summed E-state index contributed by atoms with van der Waals surface area (Å²) < 4.78 is 1.01. The maximum absolute atomic E-state index is 9.83. The van der Waals surface area contributed by atoms with E-state index >= 15 is 0 Å². The van der Waals surface area contributed by atoms with Crippen LogP contribution >= 0.6 is 15.9 Å². The molecule has 1 heterocycles. The number of hydrogen-bond acceptors (Lipinski definition) is 2. The van der Waals surface area contributed by atoms with Crippen molar-refractivity contribution in [2.24, 2.45) is 0 Å². The van der Waals surface area contributed by atoms with Gasteiger partial charge in [-0.25, -0.2) is 0 Å². The van der Waals surface area contributed by atoms with E-state index in [2.05, 4.69) is 26.1 Å². The fourth-order valence-corrected chi connectivity index (χ4v) is 2.36. The van der Waals surface area contributed by atoms with E-state index in [1.165, 1.54) is 0 Å². The number of hydrogen-bond donors (Lipinski definition) is 2. The number of aromatic amines is 1. The standard InChI is InChI=1S/C15H11BrN2O/c16-11-5-3-4-10(8-11)13-9-14(18-17-13)12-6-1-2-7-15(12)19/h1-9,19H,(H,17,18). The molecular weight excluding hydrogens is 304 g/mol. The summed E-state index contributed by atoms with van der Waals surface area (Å²) in [6, 6.07) is 17.1. The number of nitrogens with zero attached hydrogens (tertiary/aromatic N) is 1. The van der Waals surface area contributed by atoms with Crippen LogP contribution in [0.15, 0.2) is 59.1 Å². The average Bonchev–Trinajstić information content (AvgIpc) is 2.89. The van der Waals surface area contributed by atoms with Gasteiger partial charge in [-0.05, 0) is 30.3 Å². The molecule has 4 heteroatoms. The number of phenols is 1. The summed E-state index contributed by atoms with van der Waals surface area (Å²) in [5, 5.41) is 17.1. The summed E-state index contributed by atoms with van der Waals surface area (Å²) >= 11 is 3.44. The van der Waals surface area contributed by atoms with Gasteiger partial charge >= 0.3 is 0 Å². The van der Waals surface area contributed by atoms with Gasteiger partial charge in [0.05, 0.1) is 11.4 Å². The van der Waals surface area contributed by atoms with E-state index in [9.17, 15) is 5.11 Å². The zero-order valence-corrected chi connectivity index (χ0v) is 11.6. The van der Waals surface area contributed by atoms with E-state index < -0.39 is 0 Å². The first-order valence-electron chi connectivity index (χ1n) is 5.84. The summed E-state index contributed by atoms with van der Waals surface area (Å²) in [6.45, 7) is 0. The van der Waals surface area contributed by atoms with Crippen molar-refractivity contribution >= 4 is 15.9 Å². The first-order valence-corrected chi connectivity index (χ1v) is 6.63. The molecule has 0 saturated heterocycles. The number of para-hydroxylation sites is 1. The zero-order valence-electron chi connectivity index (χ0n) is 9.97. The molecule has 0 aliphatic carbocycles. The number of phenolic OH excluding ortho intramolecular Hbond substituents is 1. The highest BCUT2D eigenvalue weighted by Gasteiger charge is 2.08. The first-order chi connectivity index (χ1) is 9.24. The molecule has 0 atom stereocenters. The molecule has 0 amide bonds. The third-order valence-electron chi connectivity index (χ3n) is 2.89. The van der Waals surface area contributed by atoms with Crippen molar-refractivity contribution in [2.75, 3.05) is 0 Å².